The summed E-state index contributed by atoms with van der Waals surface area (Å²) in [6.07, 6.45) is 2.71. The fourth-order valence-electron chi connectivity index (χ4n) is 3.05. The summed E-state index contributed by atoms with van der Waals surface area (Å²) in [6.45, 7) is 0. The Bertz CT molecular complexity index is 1420. The molecule has 30 heavy (non-hydrogen) atoms. The van der Waals surface area contributed by atoms with Gasteiger partial charge in [0.05, 0.1) is 28.2 Å². The molecule has 0 aliphatic rings. The Balaban J connectivity index is 2.05. The zero-order chi connectivity index (χ0) is 21.3. The summed E-state index contributed by atoms with van der Waals surface area (Å²) in [7, 11) is 0. The summed E-state index contributed by atoms with van der Waals surface area (Å²) >= 11 is 6.19. The lowest BCUT2D eigenvalue weighted by Crippen LogP contribution is -2.23. The third-order valence-corrected chi connectivity index (χ3v) is 4.72. The predicted octanol–water partition coefficient (Wildman–Crippen LogP) is 4.50. The van der Waals surface area contributed by atoms with E-state index in [1.54, 1.807) is 36.4 Å². The van der Waals surface area contributed by atoms with Gasteiger partial charge in [-0.05, 0) is 42.5 Å². The van der Waals surface area contributed by atoms with Crippen LogP contribution in [-0.4, -0.2) is 19.6 Å². The smallest absolute Gasteiger partial charge is 0.266 e. The van der Waals surface area contributed by atoms with Gasteiger partial charge in [0.15, 0.2) is 5.15 Å². The third-order valence-electron chi connectivity index (χ3n) is 4.43. The van der Waals surface area contributed by atoms with Gasteiger partial charge in [-0.1, -0.05) is 23.7 Å². The van der Waals surface area contributed by atoms with Crippen molar-refractivity contribution in [1.29, 1.82) is 5.26 Å². The van der Waals surface area contributed by atoms with E-state index in [1.807, 2.05) is 6.07 Å². The van der Waals surface area contributed by atoms with Crippen LogP contribution >= 0.6 is 11.6 Å². The van der Waals surface area contributed by atoms with E-state index >= 15 is 0 Å². The Labute approximate surface area is 174 Å². The number of hydrogen-bond acceptors (Lipinski definition) is 5. The van der Waals surface area contributed by atoms with Gasteiger partial charge in [0, 0.05) is 17.8 Å². The molecule has 0 saturated heterocycles. The highest BCUT2D eigenvalue weighted by Crippen LogP contribution is 2.23. The molecule has 0 unspecified atom stereocenters. The monoisotopic (exact) mass is 418 g/mol. The molecule has 4 aromatic rings. The number of benzene rings is 2. The van der Waals surface area contributed by atoms with Crippen molar-refractivity contribution < 1.29 is 9.50 Å². The Morgan fingerprint density at radius 3 is 2.77 bits per heavy atom. The van der Waals surface area contributed by atoms with E-state index in [2.05, 4.69) is 9.97 Å². The van der Waals surface area contributed by atoms with E-state index in [1.165, 1.54) is 24.4 Å². The second kappa shape index (κ2) is 7.78. The van der Waals surface area contributed by atoms with Crippen molar-refractivity contribution in [3.05, 3.63) is 99.1 Å². The zero-order valence-corrected chi connectivity index (χ0v) is 16.0. The summed E-state index contributed by atoms with van der Waals surface area (Å²) < 4.78 is 14.9. The number of fused-ring (bicyclic) bond motifs is 1. The molecule has 0 aliphatic carbocycles. The maximum Gasteiger partial charge on any atom is 0.266 e. The summed E-state index contributed by atoms with van der Waals surface area (Å²) in [5.74, 6) is -0.812. The number of aliphatic hydroxyl groups is 1. The molecule has 8 heteroatoms. The average molecular weight is 419 g/mol. The zero-order valence-electron chi connectivity index (χ0n) is 15.3. The van der Waals surface area contributed by atoms with Crippen molar-refractivity contribution in [3.63, 3.8) is 0 Å². The Morgan fingerprint density at radius 2 is 2.00 bits per heavy atom. The van der Waals surface area contributed by atoms with Crippen LogP contribution in [0.25, 0.3) is 28.4 Å². The van der Waals surface area contributed by atoms with Gasteiger partial charge < -0.3 is 5.11 Å². The topological polar surface area (TPSA) is 91.8 Å². The highest BCUT2D eigenvalue weighted by molar-refractivity contribution is 6.31. The molecule has 2 aromatic heterocycles. The molecule has 0 aliphatic heterocycles. The van der Waals surface area contributed by atoms with Crippen molar-refractivity contribution in [1.82, 2.24) is 14.5 Å². The SMILES string of the molecule is N#Cc1ccccc1C(O)=Cc1nc2ccc(F)cc2c(=O)n1-c1cccnc1Cl. The molecule has 2 heterocycles. The minimum Gasteiger partial charge on any atom is -0.507 e. The van der Waals surface area contributed by atoms with Gasteiger partial charge in [-0.15, -0.1) is 0 Å². The van der Waals surface area contributed by atoms with Crippen molar-refractivity contribution in [2.75, 3.05) is 0 Å². The molecule has 0 radical (unpaired) electrons. The van der Waals surface area contributed by atoms with Gasteiger partial charge >= 0.3 is 0 Å². The van der Waals surface area contributed by atoms with Gasteiger partial charge in [0.25, 0.3) is 5.56 Å². The molecule has 146 valence electrons. The van der Waals surface area contributed by atoms with Crippen molar-refractivity contribution in [3.8, 4) is 11.8 Å². The van der Waals surface area contributed by atoms with Crippen LogP contribution in [0.2, 0.25) is 5.15 Å². The highest BCUT2D eigenvalue weighted by atomic mass is 35.5. The predicted molar refractivity (Wildman–Crippen MR) is 112 cm³/mol. The molecule has 0 amide bonds. The minimum atomic E-state index is -0.584. The van der Waals surface area contributed by atoms with Crippen LogP contribution in [0.3, 0.4) is 0 Å². The first-order valence-corrected chi connectivity index (χ1v) is 9.11. The van der Waals surface area contributed by atoms with Crippen molar-refractivity contribution in [2.45, 2.75) is 0 Å². The van der Waals surface area contributed by atoms with E-state index in [4.69, 9.17) is 11.6 Å². The molecule has 1 N–H and O–H groups in total. The molecular formula is C22H12ClFN4O2. The third kappa shape index (κ3) is 3.41. The quantitative estimate of drug-likeness (QED) is 0.390. The molecule has 0 saturated carbocycles. The van der Waals surface area contributed by atoms with Crippen LogP contribution in [0.5, 0.6) is 0 Å². The van der Waals surface area contributed by atoms with Gasteiger partial charge in [0.2, 0.25) is 0 Å². The van der Waals surface area contributed by atoms with E-state index in [9.17, 15) is 19.6 Å². The molecule has 6 nitrogen and oxygen atoms in total. The lowest BCUT2D eigenvalue weighted by molar-refractivity contribution is 0.514. The normalized spacial score (nSPS) is 11.4. The number of pyridine rings is 1. The van der Waals surface area contributed by atoms with E-state index in [0.717, 1.165) is 10.6 Å². The Hall–Kier alpha value is -4.02. The molecule has 2 aromatic carbocycles. The first-order valence-electron chi connectivity index (χ1n) is 8.73. The van der Waals surface area contributed by atoms with Crippen molar-refractivity contribution in [2.24, 2.45) is 0 Å². The van der Waals surface area contributed by atoms with Gasteiger partial charge in [0.1, 0.15) is 17.4 Å². The number of rotatable bonds is 3. The maximum absolute atomic E-state index is 13.7. The molecular weight excluding hydrogens is 407 g/mol. The van der Waals surface area contributed by atoms with Crippen LogP contribution < -0.4 is 5.56 Å². The first-order chi connectivity index (χ1) is 14.5. The van der Waals surface area contributed by atoms with Crippen LogP contribution in [0.1, 0.15) is 17.0 Å². The number of aliphatic hydroxyl groups excluding tert-OH is 1. The maximum atomic E-state index is 13.7. The Kier molecular flexibility index (Phi) is 5.00. The molecule has 0 atom stereocenters. The summed E-state index contributed by atoms with van der Waals surface area (Å²) in [6, 6.07) is 15.3. The van der Waals surface area contributed by atoms with Crippen molar-refractivity contribution >= 4 is 34.3 Å². The number of nitriles is 1. The molecule has 0 bridgehead atoms. The van der Waals surface area contributed by atoms with Gasteiger partial charge in [-0.3, -0.25) is 9.36 Å². The standard InChI is InChI=1S/C22H12ClFN4O2/c23-21-18(6-3-9-26-21)28-20(11-19(29)15-5-2-1-4-13(15)12-25)27-17-8-7-14(24)10-16(17)22(28)30/h1-11,29H. The number of aromatic nitrogens is 3. The second-order valence-corrected chi connectivity index (χ2v) is 6.63. The lowest BCUT2D eigenvalue weighted by atomic mass is 10.1. The van der Waals surface area contributed by atoms with E-state index in [0.29, 0.717) is 0 Å². The largest absolute Gasteiger partial charge is 0.507 e. The molecule has 0 fully saturated rings. The fraction of sp³-hybridized carbons (Fsp3) is 0. The van der Waals surface area contributed by atoms with E-state index in [-0.39, 0.29) is 44.5 Å². The Morgan fingerprint density at radius 1 is 1.20 bits per heavy atom. The summed E-state index contributed by atoms with van der Waals surface area (Å²) in [5.41, 5.74) is 0.405. The number of halogens is 2. The van der Waals surface area contributed by atoms with Crippen LogP contribution in [0, 0.1) is 17.1 Å². The molecule has 0 spiro atoms. The first kappa shape index (κ1) is 19.3. The number of hydrogen-bond donors (Lipinski definition) is 1. The molecule has 4 rings (SSSR count). The van der Waals surface area contributed by atoms with E-state index < -0.39 is 11.4 Å². The highest BCUT2D eigenvalue weighted by Gasteiger charge is 2.16. The van der Waals surface area contributed by atoms with Gasteiger partial charge in [-0.2, -0.15) is 5.26 Å². The summed E-state index contributed by atoms with van der Waals surface area (Å²) in [4.78, 5) is 21.6. The average Bonchev–Trinajstić information content (AvgIpc) is 2.75. The van der Waals surface area contributed by atoms with Crippen LogP contribution in [0.15, 0.2) is 65.6 Å². The second-order valence-electron chi connectivity index (χ2n) is 6.27. The number of nitrogens with zero attached hydrogens (tertiary/aromatic N) is 4. The fourth-order valence-corrected chi connectivity index (χ4v) is 3.26. The minimum absolute atomic E-state index is 0.0312. The van der Waals surface area contributed by atoms with Gasteiger partial charge in [-0.25, -0.2) is 14.4 Å². The van der Waals surface area contributed by atoms with Crippen LogP contribution in [0.4, 0.5) is 4.39 Å². The van der Waals surface area contributed by atoms with Crippen LogP contribution in [-0.2, 0) is 0 Å². The lowest BCUT2D eigenvalue weighted by Gasteiger charge is -2.13. The summed E-state index contributed by atoms with van der Waals surface area (Å²) in [5, 5.41) is 20.0.